The Balaban J connectivity index is 1.47. The lowest BCUT2D eigenvalue weighted by Crippen LogP contribution is -2.31. The topological polar surface area (TPSA) is 24.1 Å². The second-order valence-electron chi connectivity index (χ2n) is 5.85. The van der Waals surface area contributed by atoms with Crippen molar-refractivity contribution in [1.29, 1.82) is 0 Å². The van der Waals surface area contributed by atoms with E-state index >= 15 is 0 Å². The molecule has 2 rings (SSSR count). The monoisotopic (exact) mass is 224 g/mol. The molecule has 16 heavy (non-hydrogen) atoms. The van der Waals surface area contributed by atoms with Gasteiger partial charge in [-0.05, 0) is 57.5 Å². The molecule has 0 amide bonds. The first-order valence-corrected chi connectivity index (χ1v) is 7.31. The predicted molar refractivity (Wildman–Crippen MR) is 69.7 cm³/mol. The van der Waals surface area contributed by atoms with E-state index in [-0.39, 0.29) is 0 Å². The first kappa shape index (κ1) is 12.4. The zero-order valence-electron chi connectivity index (χ0n) is 10.8. The standard InChI is InChI=1S/C14H28N2/c1-12-4-2-5-13(7-6-12)15-10-3-11-16-14-8-9-14/h12-16H,2-11H2,1H3. The van der Waals surface area contributed by atoms with Gasteiger partial charge in [-0.15, -0.1) is 0 Å². The molecule has 94 valence electrons. The summed E-state index contributed by atoms with van der Waals surface area (Å²) in [7, 11) is 0. The summed E-state index contributed by atoms with van der Waals surface area (Å²) in [5, 5.41) is 7.31. The highest BCUT2D eigenvalue weighted by Crippen LogP contribution is 2.22. The second kappa shape index (κ2) is 6.61. The maximum atomic E-state index is 3.74. The average Bonchev–Trinajstić information content (AvgIpc) is 3.07. The second-order valence-corrected chi connectivity index (χ2v) is 5.85. The molecule has 2 fully saturated rings. The Labute approximate surface area is 101 Å². The van der Waals surface area contributed by atoms with Crippen LogP contribution in [0, 0.1) is 5.92 Å². The fourth-order valence-electron chi connectivity index (χ4n) is 2.68. The van der Waals surface area contributed by atoms with E-state index in [2.05, 4.69) is 17.6 Å². The van der Waals surface area contributed by atoms with Gasteiger partial charge in [-0.25, -0.2) is 0 Å². The molecule has 0 bridgehead atoms. The van der Waals surface area contributed by atoms with E-state index in [1.165, 1.54) is 64.5 Å². The van der Waals surface area contributed by atoms with Crippen LogP contribution < -0.4 is 10.6 Å². The van der Waals surface area contributed by atoms with E-state index in [0.717, 1.165) is 18.0 Å². The maximum absolute atomic E-state index is 3.74. The van der Waals surface area contributed by atoms with Crippen molar-refractivity contribution in [3.05, 3.63) is 0 Å². The van der Waals surface area contributed by atoms with Gasteiger partial charge in [-0.1, -0.05) is 19.8 Å². The van der Waals surface area contributed by atoms with Crippen LogP contribution in [0.25, 0.3) is 0 Å². The van der Waals surface area contributed by atoms with Gasteiger partial charge in [0.15, 0.2) is 0 Å². The Hall–Kier alpha value is -0.0800. The van der Waals surface area contributed by atoms with Crippen LogP contribution in [0.1, 0.15) is 58.3 Å². The van der Waals surface area contributed by atoms with Crippen molar-refractivity contribution < 1.29 is 0 Å². The number of hydrogen-bond acceptors (Lipinski definition) is 2. The zero-order valence-corrected chi connectivity index (χ0v) is 10.8. The molecule has 2 saturated carbocycles. The van der Waals surface area contributed by atoms with Crippen molar-refractivity contribution in [2.45, 2.75) is 70.4 Å². The van der Waals surface area contributed by atoms with Crippen LogP contribution in [-0.2, 0) is 0 Å². The highest BCUT2D eigenvalue weighted by molar-refractivity contribution is 4.80. The molecule has 2 aliphatic carbocycles. The van der Waals surface area contributed by atoms with Crippen molar-refractivity contribution in [2.75, 3.05) is 13.1 Å². The van der Waals surface area contributed by atoms with Crippen molar-refractivity contribution >= 4 is 0 Å². The molecule has 0 aliphatic heterocycles. The molecule has 0 aromatic carbocycles. The van der Waals surface area contributed by atoms with E-state index in [1.807, 2.05) is 0 Å². The first-order valence-electron chi connectivity index (χ1n) is 7.31. The largest absolute Gasteiger partial charge is 0.314 e. The van der Waals surface area contributed by atoms with Gasteiger partial charge in [0, 0.05) is 12.1 Å². The molecule has 0 saturated heterocycles. The minimum atomic E-state index is 0.811. The Morgan fingerprint density at radius 3 is 2.12 bits per heavy atom. The third-order valence-electron chi connectivity index (χ3n) is 4.05. The minimum Gasteiger partial charge on any atom is -0.314 e. The predicted octanol–water partition coefficient (Wildman–Crippen LogP) is 2.69. The Morgan fingerprint density at radius 1 is 0.812 bits per heavy atom. The third-order valence-corrected chi connectivity index (χ3v) is 4.05. The molecule has 2 heteroatoms. The molecule has 2 unspecified atom stereocenters. The quantitative estimate of drug-likeness (QED) is 0.535. The van der Waals surface area contributed by atoms with Gasteiger partial charge in [0.1, 0.15) is 0 Å². The fraction of sp³-hybridized carbons (Fsp3) is 1.00. The smallest absolute Gasteiger partial charge is 0.00682 e. The Kier molecular flexibility index (Phi) is 5.11. The summed E-state index contributed by atoms with van der Waals surface area (Å²) in [5.74, 6) is 0.961. The number of hydrogen-bond donors (Lipinski definition) is 2. The van der Waals surface area contributed by atoms with Gasteiger partial charge < -0.3 is 10.6 Å². The van der Waals surface area contributed by atoms with Gasteiger partial charge in [0.2, 0.25) is 0 Å². The Morgan fingerprint density at radius 2 is 1.44 bits per heavy atom. The van der Waals surface area contributed by atoms with Gasteiger partial charge in [-0.3, -0.25) is 0 Å². The highest BCUT2D eigenvalue weighted by Gasteiger charge is 2.19. The first-order chi connectivity index (χ1) is 7.84. The van der Waals surface area contributed by atoms with Crippen molar-refractivity contribution in [3.8, 4) is 0 Å². The van der Waals surface area contributed by atoms with Crippen LogP contribution in [0.15, 0.2) is 0 Å². The van der Waals surface area contributed by atoms with E-state index in [9.17, 15) is 0 Å². The van der Waals surface area contributed by atoms with Crippen LogP contribution in [-0.4, -0.2) is 25.2 Å². The van der Waals surface area contributed by atoms with E-state index in [0.29, 0.717) is 0 Å². The zero-order chi connectivity index (χ0) is 11.2. The average molecular weight is 224 g/mol. The van der Waals surface area contributed by atoms with E-state index < -0.39 is 0 Å². The SMILES string of the molecule is CC1CCCC(NCCCNC2CC2)CC1. The summed E-state index contributed by atoms with van der Waals surface area (Å²) in [6.07, 6.45) is 11.2. The van der Waals surface area contributed by atoms with E-state index in [4.69, 9.17) is 0 Å². The molecule has 0 spiro atoms. The van der Waals surface area contributed by atoms with Crippen LogP contribution >= 0.6 is 0 Å². The molecule has 0 radical (unpaired) electrons. The molecular formula is C14H28N2. The van der Waals surface area contributed by atoms with E-state index in [1.54, 1.807) is 0 Å². The summed E-state index contributed by atoms with van der Waals surface area (Å²) in [5.41, 5.74) is 0. The fourth-order valence-corrected chi connectivity index (χ4v) is 2.68. The normalized spacial score (nSPS) is 31.3. The summed E-state index contributed by atoms with van der Waals surface area (Å²) >= 11 is 0. The van der Waals surface area contributed by atoms with Gasteiger partial charge in [0.05, 0.1) is 0 Å². The van der Waals surface area contributed by atoms with Crippen LogP contribution in [0.5, 0.6) is 0 Å². The van der Waals surface area contributed by atoms with Crippen molar-refractivity contribution in [3.63, 3.8) is 0 Å². The molecule has 2 N–H and O–H groups in total. The lowest BCUT2D eigenvalue weighted by molar-refractivity contribution is 0.441. The molecule has 0 aromatic rings. The molecule has 2 aliphatic rings. The number of rotatable bonds is 6. The Bertz CT molecular complexity index is 189. The van der Waals surface area contributed by atoms with Gasteiger partial charge in [-0.2, -0.15) is 0 Å². The molecule has 0 aromatic heterocycles. The summed E-state index contributed by atoms with van der Waals surface area (Å²) in [6, 6.07) is 1.68. The number of nitrogens with one attached hydrogen (secondary N) is 2. The molecular weight excluding hydrogens is 196 g/mol. The van der Waals surface area contributed by atoms with Crippen molar-refractivity contribution in [2.24, 2.45) is 5.92 Å². The lowest BCUT2D eigenvalue weighted by Gasteiger charge is -2.16. The summed E-state index contributed by atoms with van der Waals surface area (Å²) < 4.78 is 0. The lowest BCUT2D eigenvalue weighted by atomic mass is 10.0. The van der Waals surface area contributed by atoms with Crippen LogP contribution in [0.2, 0.25) is 0 Å². The van der Waals surface area contributed by atoms with Crippen molar-refractivity contribution in [1.82, 2.24) is 10.6 Å². The third kappa shape index (κ3) is 4.84. The minimum absolute atomic E-state index is 0.811. The molecule has 2 atom stereocenters. The molecule has 2 nitrogen and oxygen atoms in total. The summed E-state index contributed by atoms with van der Waals surface area (Å²) in [4.78, 5) is 0. The molecule has 0 heterocycles. The maximum Gasteiger partial charge on any atom is 0.00682 e. The van der Waals surface area contributed by atoms with Crippen LogP contribution in [0.4, 0.5) is 0 Å². The van der Waals surface area contributed by atoms with Gasteiger partial charge in [0.25, 0.3) is 0 Å². The summed E-state index contributed by atoms with van der Waals surface area (Å²) in [6.45, 7) is 4.82. The van der Waals surface area contributed by atoms with Gasteiger partial charge >= 0.3 is 0 Å². The highest BCUT2D eigenvalue weighted by atomic mass is 15.0. The van der Waals surface area contributed by atoms with Crippen LogP contribution in [0.3, 0.4) is 0 Å².